The van der Waals surface area contributed by atoms with E-state index >= 15 is 0 Å². The summed E-state index contributed by atoms with van der Waals surface area (Å²) in [6.07, 6.45) is 0.940. The zero-order valence-electron chi connectivity index (χ0n) is 16.9. The number of para-hydroxylation sites is 1. The van der Waals surface area contributed by atoms with E-state index in [1.165, 1.54) is 5.56 Å². The first-order valence-corrected chi connectivity index (χ1v) is 10.2. The number of amides is 2. The largest absolute Gasteiger partial charge is 0.342 e. The third-order valence-electron chi connectivity index (χ3n) is 5.94. The predicted octanol–water partition coefficient (Wildman–Crippen LogP) is 1.45. The van der Waals surface area contributed by atoms with Gasteiger partial charge < -0.3 is 9.80 Å². The predicted molar refractivity (Wildman–Crippen MR) is 108 cm³/mol. The highest BCUT2D eigenvalue weighted by atomic mass is 16.2. The Bertz CT molecular complexity index is 666. The molecule has 1 aromatic rings. The SMILES string of the molecule is CCN(CC)C(=O)CN1CCN(C(C)C(=O)N2CCc3ccccc32)CC1. The average molecular weight is 373 g/mol. The van der Waals surface area contributed by atoms with Crippen LogP contribution in [0.4, 0.5) is 5.69 Å². The van der Waals surface area contributed by atoms with Crippen LogP contribution in [0.25, 0.3) is 0 Å². The van der Waals surface area contributed by atoms with Crippen molar-refractivity contribution >= 4 is 17.5 Å². The van der Waals surface area contributed by atoms with Crippen LogP contribution >= 0.6 is 0 Å². The van der Waals surface area contributed by atoms with Crippen LogP contribution < -0.4 is 4.90 Å². The molecule has 1 aromatic carbocycles. The number of hydrogen-bond donors (Lipinski definition) is 0. The van der Waals surface area contributed by atoms with Crippen molar-refractivity contribution in [3.05, 3.63) is 29.8 Å². The first kappa shape index (κ1) is 19.8. The lowest BCUT2D eigenvalue weighted by atomic mass is 10.1. The zero-order valence-corrected chi connectivity index (χ0v) is 16.9. The summed E-state index contributed by atoms with van der Waals surface area (Å²) in [5, 5.41) is 0. The molecule has 0 aliphatic carbocycles. The van der Waals surface area contributed by atoms with E-state index in [9.17, 15) is 9.59 Å². The Morgan fingerprint density at radius 2 is 1.70 bits per heavy atom. The number of likely N-dealkylation sites (N-methyl/N-ethyl adjacent to an activating group) is 1. The van der Waals surface area contributed by atoms with E-state index < -0.39 is 0 Å². The minimum absolute atomic E-state index is 0.128. The molecule has 0 spiro atoms. The summed E-state index contributed by atoms with van der Waals surface area (Å²) in [7, 11) is 0. The van der Waals surface area contributed by atoms with Gasteiger partial charge in [-0.15, -0.1) is 0 Å². The first-order chi connectivity index (χ1) is 13.0. The van der Waals surface area contributed by atoms with Crippen molar-refractivity contribution in [2.75, 3.05) is 57.3 Å². The van der Waals surface area contributed by atoms with Crippen molar-refractivity contribution in [1.82, 2.24) is 14.7 Å². The van der Waals surface area contributed by atoms with Crippen LogP contribution in [-0.2, 0) is 16.0 Å². The highest BCUT2D eigenvalue weighted by molar-refractivity contribution is 5.98. The molecule has 0 radical (unpaired) electrons. The van der Waals surface area contributed by atoms with Crippen molar-refractivity contribution < 1.29 is 9.59 Å². The molecule has 2 aliphatic rings. The highest BCUT2D eigenvalue weighted by Crippen LogP contribution is 2.28. The van der Waals surface area contributed by atoms with Crippen molar-refractivity contribution in [2.45, 2.75) is 33.2 Å². The summed E-state index contributed by atoms with van der Waals surface area (Å²) in [6.45, 7) is 12.2. The molecule has 27 heavy (non-hydrogen) atoms. The molecule has 0 saturated carbocycles. The lowest BCUT2D eigenvalue weighted by molar-refractivity contribution is -0.133. The lowest BCUT2D eigenvalue weighted by Crippen LogP contribution is -2.55. The summed E-state index contributed by atoms with van der Waals surface area (Å²) in [4.78, 5) is 33.6. The van der Waals surface area contributed by atoms with Gasteiger partial charge in [-0.1, -0.05) is 18.2 Å². The van der Waals surface area contributed by atoms with Gasteiger partial charge in [0, 0.05) is 51.5 Å². The van der Waals surface area contributed by atoms with E-state index in [-0.39, 0.29) is 17.9 Å². The van der Waals surface area contributed by atoms with Gasteiger partial charge in [-0.25, -0.2) is 0 Å². The Balaban J connectivity index is 1.52. The summed E-state index contributed by atoms with van der Waals surface area (Å²) in [5.41, 5.74) is 2.33. The van der Waals surface area contributed by atoms with E-state index in [1.807, 2.05) is 48.8 Å². The van der Waals surface area contributed by atoms with E-state index in [1.54, 1.807) is 0 Å². The first-order valence-electron chi connectivity index (χ1n) is 10.2. The van der Waals surface area contributed by atoms with E-state index in [4.69, 9.17) is 0 Å². The van der Waals surface area contributed by atoms with E-state index in [0.717, 1.165) is 57.9 Å². The van der Waals surface area contributed by atoms with Crippen molar-refractivity contribution in [2.24, 2.45) is 0 Å². The Morgan fingerprint density at radius 1 is 1.04 bits per heavy atom. The van der Waals surface area contributed by atoms with Gasteiger partial charge in [0.15, 0.2) is 0 Å². The fourth-order valence-electron chi connectivity index (χ4n) is 4.13. The number of hydrogen-bond acceptors (Lipinski definition) is 4. The second-order valence-electron chi connectivity index (χ2n) is 7.42. The van der Waals surface area contributed by atoms with Gasteiger partial charge in [-0.3, -0.25) is 19.4 Å². The Labute approximate surface area is 162 Å². The van der Waals surface area contributed by atoms with Gasteiger partial charge in [0.1, 0.15) is 0 Å². The summed E-state index contributed by atoms with van der Waals surface area (Å²) in [5.74, 6) is 0.388. The highest BCUT2D eigenvalue weighted by Gasteiger charge is 2.32. The maximum atomic E-state index is 13.0. The molecule has 0 aromatic heterocycles. The molecule has 1 saturated heterocycles. The Hall–Kier alpha value is -1.92. The second-order valence-corrected chi connectivity index (χ2v) is 7.42. The summed E-state index contributed by atoms with van der Waals surface area (Å²) in [6, 6.07) is 8.06. The van der Waals surface area contributed by atoms with Gasteiger partial charge in [0.05, 0.1) is 12.6 Å². The van der Waals surface area contributed by atoms with Crippen LogP contribution in [0, 0.1) is 0 Å². The van der Waals surface area contributed by atoms with E-state index in [2.05, 4.69) is 15.9 Å². The van der Waals surface area contributed by atoms with Gasteiger partial charge >= 0.3 is 0 Å². The third kappa shape index (κ3) is 4.33. The number of carbonyl (C=O) groups excluding carboxylic acids is 2. The molecule has 1 fully saturated rings. The number of rotatable bonds is 6. The van der Waals surface area contributed by atoms with E-state index in [0.29, 0.717) is 6.54 Å². The molecule has 1 atom stereocenters. The standard InChI is InChI=1S/C21H32N4O2/c1-4-23(5-2)20(26)16-22-12-14-24(15-13-22)17(3)21(27)25-11-10-18-8-6-7-9-19(18)25/h6-9,17H,4-5,10-16H2,1-3H3. The number of carbonyl (C=O) groups is 2. The maximum absolute atomic E-state index is 13.0. The molecule has 0 bridgehead atoms. The number of nitrogens with zero attached hydrogens (tertiary/aromatic N) is 4. The molecule has 148 valence electrons. The normalized spacial score (nSPS) is 19.0. The topological polar surface area (TPSA) is 47.1 Å². The maximum Gasteiger partial charge on any atom is 0.244 e. The summed E-state index contributed by atoms with van der Waals surface area (Å²) < 4.78 is 0. The fraction of sp³-hybridized carbons (Fsp3) is 0.619. The van der Waals surface area contributed by atoms with Crippen LogP contribution in [0.3, 0.4) is 0 Å². The fourth-order valence-corrected chi connectivity index (χ4v) is 4.13. The number of benzene rings is 1. The molecule has 2 aliphatic heterocycles. The quantitative estimate of drug-likeness (QED) is 0.758. The lowest BCUT2D eigenvalue weighted by Gasteiger charge is -2.38. The van der Waals surface area contributed by atoms with Gasteiger partial charge in [0.2, 0.25) is 11.8 Å². The minimum atomic E-state index is -0.128. The van der Waals surface area contributed by atoms with Crippen LogP contribution in [-0.4, -0.2) is 84.9 Å². The van der Waals surface area contributed by atoms with Crippen molar-refractivity contribution in [1.29, 1.82) is 0 Å². The molecule has 3 rings (SSSR count). The average Bonchev–Trinajstić information content (AvgIpc) is 3.12. The number of piperazine rings is 1. The molecule has 1 unspecified atom stereocenters. The van der Waals surface area contributed by atoms with Crippen LogP contribution in [0.15, 0.2) is 24.3 Å². The minimum Gasteiger partial charge on any atom is -0.342 e. The summed E-state index contributed by atoms with van der Waals surface area (Å²) >= 11 is 0. The molecular formula is C21H32N4O2. The molecule has 2 amide bonds. The van der Waals surface area contributed by atoms with Crippen molar-refractivity contribution in [3.8, 4) is 0 Å². The molecule has 6 heteroatoms. The molecule has 6 nitrogen and oxygen atoms in total. The number of fused-ring (bicyclic) bond motifs is 1. The monoisotopic (exact) mass is 372 g/mol. The van der Waals surface area contributed by atoms with Crippen LogP contribution in [0.5, 0.6) is 0 Å². The number of anilines is 1. The Kier molecular flexibility index (Phi) is 6.50. The smallest absolute Gasteiger partial charge is 0.244 e. The van der Waals surface area contributed by atoms with Crippen LogP contribution in [0.2, 0.25) is 0 Å². The molecular weight excluding hydrogens is 340 g/mol. The van der Waals surface area contributed by atoms with Gasteiger partial charge in [0.25, 0.3) is 0 Å². The molecule has 2 heterocycles. The second kappa shape index (κ2) is 8.85. The van der Waals surface area contributed by atoms with Gasteiger partial charge in [-0.2, -0.15) is 0 Å². The Morgan fingerprint density at radius 3 is 2.37 bits per heavy atom. The van der Waals surface area contributed by atoms with Crippen LogP contribution in [0.1, 0.15) is 26.3 Å². The third-order valence-corrected chi connectivity index (χ3v) is 5.94. The van der Waals surface area contributed by atoms with Crippen molar-refractivity contribution in [3.63, 3.8) is 0 Å². The zero-order chi connectivity index (χ0) is 19.4. The molecule has 0 N–H and O–H groups in total. The van der Waals surface area contributed by atoms with Gasteiger partial charge in [-0.05, 0) is 38.8 Å².